The lowest BCUT2D eigenvalue weighted by atomic mass is 10.2. The van der Waals surface area contributed by atoms with Crippen LogP contribution in [0, 0.1) is 0 Å². The van der Waals surface area contributed by atoms with E-state index in [0.717, 1.165) is 25.6 Å². The van der Waals surface area contributed by atoms with Crippen molar-refractivity contribution in [3.8, 4) is 0 Å². The summed E-state index contributed by atoms with van der Waals surface area (Å²) in [6, 6.07) is 1.07. The molecule has 2 rings (SSSR count). The average Bonchev–Trinajstić information content (AvgIpc) is 2.65. The Bertz CT molecular complexity index is 436. The molecule has 1 aromatic heterocycles. The largest absolute Gasteiger partial charge is 0.419 e. The molecule has 0 aromatic carbocycles. The first kappa shape index (κ1) is 13.6. The maximum absolute atomic E-state index is 12.9. The third kappa shape index (κ3) is 3.14. The lowest BCUT2D eigenvalue weighted by Crippen LogP contribution is -2.25. The van der Waals surface area contributed by atoms with Gasteiger partial charge >= 0.3 is 6.18 Å². The first-order chi connectivity index (χ1) is 8.36. The van der Waals surface area contributed by atoms with Gasteiger partial charge in [0.25, 0.3) is 0 Å². The van der Waals surface area contributed by atoms with Crippen molar-refractivity contribution in [2.45, 2.75) is 18.6 Å². The first-order valence-corrected chi connectivity index (χ1v) is 6.33. The van der Waals surface area contributed by atoms with E-state index in [0.29, 0.717) is 4.47 Å². The molecule has 1 fully saturated rings. The highest BCUT2D eigenvalue weighted by Crippen LogP contribution is 2.35. The fourth-order valence-corrected chi connectivity index (χ4v) is 2.35. The molecule has 1 aromatic rings. The summed E-state index contributed by atoms with van der Waals surface area (Å²) < 4.78 is 38.9. The van der Waals surface area contributed by atoms with Gasteiger partial charge in [0.05, 0.1) is 5.56 Å². The molecule has 0 spiro atoms. The van der Waals surface area contributed by atoms with E-state index in [1.54, 1.807) is 0 Å². The molecule has 0 bridgehead atoms. The van der Waals surface area contributed by atoms with Crippen LogP contribution in [0.3, 0.4) is 0 Å². The van der Waals surface area contributed by atoms with Crippen LogP contribution in [0.1, 0.15) is 12.0 Å². The minimum atomic E-state index is -4.40. The number of alkyl halides is 3. The van der Waals surface area contributed by atoms with Crippen LogP contribution >= 0.6 is 15.9 Å². The van der Waals surface area contributed by atoms with E-state index in [9.17, 15) is 13.2 Å². The van der Waals surface area contributed by atoms with Gasteiger partial charge in [-0.05, 0) is 42.0 Å². The number of hydrogen-bond donors (Lipinski definition) is 1. The lowest BCUT2D eigenvalue weighted by Gasteiger charge is -2.18. The number of nitrogens with zero attached hydrogens (tertiary/aromatic N) is 2. The predicted octanol–water partition coefficient (Wildman–Crippen LogP) is 2.98. The highest BCUT2D eigenvalue weighted by Gasteiger charge is 2.35. The van der Waals surface area contributed by atoms with Gasteiger partial charge in [-0.3, -0.25) is 0 Å². The van der Waals surface area contributed by atoms with Crippen molar-refractivity contribution < 1.29 is 13.2 Å². The van der Waals surface area contributed by atoms with E-state index >= 15 is 0 Å². The molecule has 0 amide bonds. The van der Waals surface area contributed by atoms with Gasteiger partial charge in [0, 0.05) is 23.3 Å². The molecule has 0 saturated carbocycles. The van der Waals surface area contributed by atoms with Crippen molar-refractivity contribution in [3.63, 3.8) is 0 Å². The Balaban J connectivity index is 2.22. The van der Waals surface area contributed by atoms with Gasteiger partial charge in [0.1, 0.15) is 5.82 Å². The molecule has 2 heterocycles. The average molecular weight is 324 g/mol. The monoisotopic (exact) mass is 323 g/mol. The van der Waals surface area contributed by atoms with Crippen LogP contribution in [0.5, 0.6) is 0 Å². The van der Waals surface area contributed by atoms with Crippen LogP contribution in [0.15, 0.2) is 16.7 Å². The van der Waals surface area contributed by atoms with Crippen molar-refractivity contribution in [2.24, 2.45) is 0 Å². The lowest BCUT2D eigenvalue weighted by molar-refractivity contribution is -0.137. The summed E-state index contributed by atoms with van der Waals surface area (Å²) in [6.45, 7) is 1.62. The van der Waals surface area contributed by atoms with Crippen LogP contribution < -0.4 is 5.32 Å². The van der Waals surface area contributed by atoms with Gasteiger partial charge in [-0.15, -0.1) is 0 Å². The molecule has 1 aliphatic heterocycles. The van der Waals surface area contributed by atoms with Crippen molar-refractivity contribution >= 4 is 21.7 Å². The summed E-state index contributed by atoms with van der Waals surface area (Å²) in [5, 5.41) is 2.88. The second-order valence-electron chi connectivity index (χ2n) is 4.44. The Morgan fingerprint density at radius 1 is 1.50 bits per heavy atom. The number of aromatic nitrogens is 1. The Labute approximate surface area is 112 Å². The van der Waals surface area contributed by atoms with Gasteiger partial charge in [-0.2, -0.15) is 13.2 Å². The molecule has 1 unspecified atom stereocenters. The number of hydrogen-bond acceptors (Lipinski definition) is 3. The van der Waals surface area contributed by atoms with Crippen LogP contribution in [0.4, 0.5) is 19.0 Å². The number of halogens is 4. The second kappa shape index (κ2) is 5.05. The number of anilines is 1. The molecule has 3 nitrogen and oxygen atoms in total. The van der Waals surface area contributed by atoms with E-state index in [1.807, 2.05) is 7.05 Å². The molecule has 100 valence electrons. The minimum absolute atomic E-state index is 0.0183. The number of likely N-dealkylation sites (tertiary alicyclic amines) is 1. The Kier molecular flexibility index (Phi) is 3.82. The fraction of sp³-hybridized carbons (Fsp3) is 0.545. The van der Waals surface area contributed by atoms with Crippen molar-refractivity contribution in [1.82, 2.24) is 9.88 Å². The SMILES string of the molecule is CN1CCC(Nc2ncc(Br)cc2C(F)(F)F)C1. The molecular weight excluding hydrogens is 311 g/mol. The second-order valence-corrected chi connectivity index (χ2v) is 5.36. The summed E-state index contributed by atoms with van der Waals surface area (Å²) in [4.78, 5) is 5.91. The van der Waals surface area contributed by atoms with E-state index in [-0.39, 0.29) is 11.9 Å². The smallest absolute Gasteiger partial charge is 0.365 e. The molecule has 0 aliphatic carbocycles. The third-order valence-corrected chi connectivity index (χ3v) is 3.33. The van der Waals surface area contributed by atoms with Crippen LogP contribution in [0.2, 0.25) is 0 Å². The molecule has 1 saturated heterocycles. The normalized spacial score (nSPS) is 21.3. The molecule has 1 atom stereocenters. The highest BCUT2D eigenvalue weighted by molar-refractivity contribution is 9.10. The summed E-state index contributed by atoms with van der Waals surface area (Å²) in [5.74, 6) is -0.0917. The van der Waals surface area contributed by atoms with Gasteiger partial charge in [0.2, 0.25) is 0 Å². The predicted molar refractivity (Wildman–Crippen MR) is 66.5 cm³/mol. The summed E-state index contributed by atoms with van der Waals surface area (Å²) in [5.41, 5.74) is -0.730. The topological polar surface area (TPSA) is 28.2 Å². The fourth-order valence-electron chi connectivity index (χ4n) is 2.02. The van der Waals surface area contributed by atoms with Gasteiger partial charge in [0.15, 0.2) is 0 Å². The van der Waals surface area contributed by atoms with Crippen molar-refractivity contribution in [1.29, 1.82) is 0 Å². The van der Waals surface area contributed by atoms with E-state index < -0.39 is 11.7 Å². The van der Waals surface area contributed by atoms with E-state index in [1.165, 1.54) is 6.20 Å². The van der Waals surface area contributed by atoms with Gasteiger partial charge in [-0.25, -0.2) is 4.98 Å². The van der Waals surface area contributed by atoms with Gasteiger partial charge in [-0.1, -0.05) is 0 Å². The highest BCUT2D eigenvalue weighted by atomic mass is 79.9. The van der Waals surface area contributed by atoms with Crippen LogP contribution in [-0.2, 0) is 6.18 Å². The van der Waals surface area contributed by atoms with Crippen molar-refractivity contribution in [2.75, 3.05) is 25.5 Å². The summed E-state index contributed by atoms with van der Waals surface area (Å²) in [7, 11) is 1.95. The Morgan fingerprint density at radius 3 is 2.78 bits per heavy atom. The standard InChI is InChI=1S/C11H13BrF3N3/c1-18-3-2-8(6-18)17-10-9(11(13,14)15)4-7(12)5-16-10/h4-5,8H,2-3,6H2,1H3,(H,16,17). The van der Waals surface area contributed by atoms with Crippen LogP contribution in [-0.4, -0.2) is 36.1 Å². The first-order valence-electron chi connectivity index (χ1n) is 5.54. The zero-order valence-corrected chi connectivity index (χ0v) is 11.3. The Morgan fingerprint density at radius 2 is 2.22 bits per heavy atom. The maximum Gasteiger partial charge on any atom is 0.419 e. The van der Waals surface area contributed by atoms with Gasteiger partial charge < -0.3 is 10.2 Å². The van der Waals surface area contributed by atoms with E-state index in [4.69, 9.17) is 0 Å². The molecule has 18 heavy (non-hydrogen) atoms. The third-order valence-electron chi connectivity index (χ3n) is 2.89. The maximum atomic E-state index is 12.9. The zero-order chi connectivity index (χ0) is 13.3. The summed E-state index contributed by atoms with van der Waals surface area (Å²) in [6.07, 6.45) is -2.20. The molecule has 1 N–H and O–H groups in total. The number of nitrogens with one attached hydrogen (secondary N) is 1. The molecule has 0 radical (unpaired) electrons. The Hall–Kier alpha value is -0.820. The number of pyridine rings is 1. The number of rotatable bonds is 2. The van der Waals surface area contributed by atoms with Crippen molar-refractivity contribution in [3.05, 3.63) is 22.3 Å². The van der Waals surface area contributed by atoms with E-state index in [2.05, 4.69) is 31.1 Å². The summed E-state index contributed by atoms with van der Waals surface area (Å²) >= 11 is 3.01. The van der Waals surface area contributed by atoms with Crippen LogP contribution in [0.25, 0.3) is 0 Å². The molecular formula is C11H13BrF3N3. The minimum Gasteiger partial charge on any atom is -0.365 e. The molecule has 1 aliphatic rings. The number of likely N-dealkylation sites (N-methyl/N-ethyl adjacent to an activating group) is 1. The zero-order valence-electron chi connectivity index (χ0n) is 9.76. The molecule has 7 heteroatoms. The quantitative estimate of drug-likeness (QED) is 0.907.